The summed E-state index contributed by atoms with van der Waals surface area (Å²) in [7, 11) is -2.44. The van der Waals surface area contributed by atoms with Crippen molar-refractivity contribution in [2.24, 2.45) is 0 Å². The molecule has 1 aliphatic rings. The first-order valence-electron chi connectivity index (χ1n) is 8.74. The predicted molar refractivity (Wildman–Crippen MR) is 102 cm³/mol. The largest absolute Gasteiger partial charge is 0.355 e. The standard InChI is InChI=1S/C19H20FN3O4S/c1-21-18(24)15-12-13(9-10-16(15)20)22-19(25)17-8-5-11-23(17)28(26,27)14-6-3-2-4-7-14/h2-4,6-7,9-10,12,17H,5,8,11H2,1H3,(H,21,24)(H,22,25). The molecule has 1 fully saturated rings. The average Bonchev–Trinajstić information content (AvgIpc) is 3.20. The zero-order valence-corrected chi connectivity index (χ0v) is 16.0. The van der Waals surface area contributed by atoms with E-state index in [1.165, 1.54) is 35.6 Å². The molecule has 2 N–H and O–H groups in total. The Labute approximate surface area is 162 Å². The minimum absolute atomic E-state index is 0.124. The molecule has 2 aromatic rings. The molecule has 0 aromatic heterocycles. The third-order valence-electron chi connectivity index (χ3n) is 4.56. The number of carbonyl (C=O) groups excluding carboxylic acids is 2. The average molecular weight is 405 g/mol. The van der Waals surface area contributed by atoms with Gasteiger partial charge in [-0.25, -0.2) is 12.8 Å². The van der Waals surface area contributed by atoms with Crippen LogP contribution in [-0.4, -0.2) is 44.2 Å². The van der Waals surface area contributed by atoms with Crippen LogP contribution in [0.4, 0.5) is 10.1 Å². The highest BCUT2D eigenvalue weighted by molar-refractivity contribution is 7.89. The summed E-state index contributed by atoms with van der Waals surface area (Å²) in [5.41, 5.74) is 0.00874. The minimum Gasteiger partial charge on any atom is -0.355 e. The second-order valence-electron chi connectivity index (χ2n) is 6.35. The molecule has 2 amide bonds. The lowest BCUT2D eigenvalue weighted by Gasteiger charge is -2.23. The van der Waals surface area contributed by atoms with Crippen LogP contribution in [0.1, 0.15) is 23.2 Å². The SMILES string of the molecule is CNC(=O)c1cc(NC(=O)C2CCCN2S(=O)(=O)c2ccccc2)ccc1F. The predicted octanol–water partition coefficient (Wildman–Crippen LogP) is 1.98. The Kier molecular flexibility index (Phi) is 5.76. The summed E-state index contributed by atoms with van der Waals surface area (Å²) in [6, 6.07) is 10.7. The molecule has 3 rings (SSSR count). The molecule has 1 aliphatic heterocycles. The van der Waals surface area contributed by atoms with Gasteiger partial charge >= 0.3 is 0 Å². The van der Waals surface area contributed by atoms with Crippen molar-refractivity contribution in [2.75, 3.05) is 18.9 Å². The first kappa shape index (κ1) is 20.0. The van der Waals surface area contributed by atoms with Crippen LogP contribution in [0, 0.1) is 5.82 Å². The number of nitrogens with zero attached hydrogens (tertiary/aromatic N) is 1. The third-order valence-corrected chi connectivity index (χ3v) is 6.48. The van der Waals surface area contributed by atoms with E-state index in [0.29, 0.717) is 12.8 Å². The molecule has 28 heavy (non-hydrogen) atoms. The number of nitrogens with one attached hydrogen (secondary N) is 2. The van der Waals surface area contributed by atoms with Gasteiger partial charge in [0.2, 0.25) is 15.9 Å². The Balaban J connectivity index is 1.82. The van der Waals surface area contributed by atoms with E-state index >= 15 is 0 Å². The fourth-order valence-electron chi connectivity index (χ4n) is 3.15. The molecule has 1 atom stereocenters. The molecule has 2 aromatic carbocycles. The van der Waals surface area contributed by atoms with E-state index in [0.717, 1.165) is 6.07 Å². The third kappa shape index (κ3) is 3.90. The monoisotopic (exact) mass is 405 g/mol. The van der Waals surface area contributed by atoms with Crippen molar-refractivity contribution in [1.82, 2.24) is 9.62 Å². The highest BCUT2D eigenvalue weighted by atomic mass is 32.2. The van der Waals surface area contributed by atoms with E-state index in [4.69, 9.17) is 0 Å². The Morgan fingerprint density at radius 2 is 1.86 bits per heavy atom. The first-order chi connectivity index (χ1) is 13.3. The molecule has 0 spiro atoms. The van der Waals surface area contributed by atoms with Crippen LogP contribution >= 0.6 is 0 Å². The summed E-state index contributed by atoms with van der Waals surface area (Å²) in [5, 5.41) is 4.92. The van der Waals surface area contributed by atoms with E-state index in [-0.39, 0.29) is 22.7 Å². The molecule has 7 nitrogen and oxygen atoms in total. The molecule has 0 aliphatic carbocycles. The zero-order chi connectivity index (χ0) is 20.3. The number of anilines is 1. The van der Waals surface area contributed by atoms with Crippen molar-refractivity contribution in [2.45, 2.75) is 23.8 Å². The zero-order valence-electron chi connectivity index (χ0n) is 15.2. The van der Waals surface area contributed by atoms with Gasteiger partial charge in [0.1, 0.15) is 11.9 Å². The van der Waals surface area contributed by atoms with E-state index in [1.807, 2.05) is 0 Å². The molecule has 148 valence electrons. The number of amides is 2. The maximum absolute atomic E-state index is 13.8. The molecule has 9 heteroatoms. The summed E-state index contributed by atoms with van der Waals surface area (Å²) in [6.07, 6.45) is 0.929. The van der Waals surface area contributed by atoms with Crippen LogP contribution in [0.25, 0.3) is 0 Å². The molecule has 0 bridgehead atoms. The van der Waals surface area contributed by atoms with Gasteiger partial charge in [0, 0.05) is 19.3 Å². The minimum atomic E-state index is -3.81. The maximum atomic E-state index is 13.8. The lowest BCUT2D eigenvalue weighted by atomic mass is 10.1. The van der Waals surface area contributed by atoms with Gasteiger partial charge in [0.15, 0.2) is 0 Å². The fourth-order valence-corrected chi connectivity index (χ4v) is 4.83. The smallest absolute Gasteiger partial charge is 0.254 e. The van der Waals surface area contributed by atoms with Gasteiger partial charge in [-0.1, -0.05) is 18.2 Å². The number of carbonyl (C=O) groups is 2. The number of hydrogen-bond acceptors (Lipinski definition) is 4. The highest BCUT2D eigenvalue weighted by Gasteiger charge is 2.39. The van der Waals surface area contributed by atoms with Gasteiger partial charge in [-0.15, -0.1) is 0 Å². The molecule has 0 radical (unpaired) electrons. The van der Waals surface area contributed by atoms with Crippen LogP contribution in [-0.2, 0) is 14.8 Å². The van der Waals surface area contributed by atoms with E-state index in [9.17, 15) is 22.4 Å². The van der Waals surface area contributed by atoms with Crippen LogP contribution in [0.2, 0.25) is 0 Å². The quantitative estimate of drug-likeness (QED) is 0.795. The van der Waals surface area contributed by atoms with Crippen molar-refractivity contribution < 1.29 is 22.4 Å². The van der Waals surface area contributed by atoms with Gasteiger partial charge in [-0.05, 0) is 43.2 Å². The van der Waals surface area contributed by atoms with E-state index < -0.39 is 33.7 Å². The van der Waals surface area contributed by atoms with Crippen molar-refractivity contribution in [3.8, 4) is 0 Å². The van der Waals surface area contributed by atoms with Crippen LogP contribution < -0.4 is 10.6 Å². The van der Waals surface area contributed by atoms with Crippen LogP contribution in [0.15, 0.2) is 53.4 Å². The fraction of sp³-hybridized carbons (Fsp3) is 0.263. The summed E-state index contributed by atoms with van der Waals surface area (Å²) in [6.45, 7) is 0.238. The second-order valence-corrected chi connectivity index (χ2v) is 8.24. The van der Waals surface area contributed by atoms with Crippen molar-refractivity contribution >= 4 is 27.5 Å². The number of halogens is 1. The van der Waals surface area contributed by atoms with Crippen LogP contribution in [0.5, 0.6) is 0 Å². The Bertz CT molecular complexity index is 995. The molecule has 0 saturated carbocycles. The Hall–Kier alpha value is -2.78. The lowest BCUT2D eigenvalue weighted by Crippen LogP contribution is -2.43. The molecular formula is C19H20FN3O4S. The molecule has 1 saturated heterocycles. The lowest BCUT2D eigenvalue weighted by molar-refractivity contribution is -0.119. The summed E-state index contributed by atoms with van der Waals surface area (Å²) >= 11 is 0. The number of hydrogen-bond donors (Lipinski definition) is 2. The summed E-state index contributed by atoms with van der Waals surface area (Å²) in [5.74, 6) is -1.86. The Morgan fingerprint density at radius 1 is 1.14 bits per heavy atom. The van der Waals surface area contributed by atoms with Gasteiger partial charge in [0.05, 0.1) is 10.5 Å². The van der Waals surface area contributed by atoms with Crippen molar-refractivity contribution in [3.05, 3.63) is 59.9 Å². The molecular weight excluding hydrogens is 385 g/mol. The van der Waals surface area contributed by atoms with Crippen molar-refractivity contribution in [3.63, 3.8) is 0 Å². The van der Waals surface area contributed by atoms with Gasteiger partial charge in [-0.3, -0.25) is 9.59 Å². The second kappa shape index (κ2) is 8.07. The number of rotatable bonds is 5. The molecule has 1 unspecified atom stereocenters. The van der Waals surface area contributed by atoms with E-state index in [1.54, 1.807) is 18.2 Å². The van der Waals surface area contributed by atoms with Crippen LogP contribution in [0.3, 0.4) is 0 Å². The summed E-state index contributed by atoms with van der Waals surface area (Å²) in [4.78, 5) is 24.6. The maximum Gasteiger partial charge on any atom is 0.254 e. The normalized spacial score (nSPS) is 17.3. The van der Waals surface area contributed by atoms with Gasteiger partial charge in [0.25, 0.3) is 5.91 Å². The van der Waals surface area contributed by atoms with E-state index in [2.05, 4.69) is 10.6 Å². The topological polar surface area (TPSA) is 95.6 Å². The molecule has 1 heterocycles. The Morgan fingerprint density at radius 3 is 2.54 bits per heavy atom. The number of benzene rings is 2. The van der Waals surface area contributed by atoms with Gasteiger partial charge in [-0.2, -0.15) is 4.31 Å². The van der Waals surface area contributed by atoms with Crippen molar-refractivity contribution in [1.29, 1.82) is 0 Å². The summed E-state index contributed by atoms with van der Waals surface area (Å²) < 4.78 is 40.7. The number of sulfonamides is 1. The highest BCUT2D eigenvalue weighted by Crippen LogP contribution is 2.27. The first-order valence-corrected chi connectivity index (χ1v) is 10.2. The van der Waals surface area contributed by atoms with Gasteiger partial charge < -0.3 is 10.6 Å².